The first kappa shape index (κ1) is 18.7. The van der Waals surface area contributed by atoms with Crippen molar-refractivity contribution in [1.29, 1.82) is 0 Å². The van der Waals surface area contributed by atoms with Crippen LogP contribution in [0.5, 0.6) is 5.75 Å². The van der Waals surface area contributed by atoms with E-state index >= 15 is 0 Å². The largest absolute Gasteiger partial charge is 0.495 e. The lowest BCUT2D eigenvalue weighted by atomic mass is 10.2. The maximum absolute atomic E-state index is 12.5. The molecule has 0 saturated carbocycles. The van der Waals surface area contributed by atoms with E-state index < -0.39 is 18.0 Å². The Morgan fingerprint density at radius 3 is 2.56 bits per heavy atom. The first-order valence-corrected chi connectivity index (χ1v) is 8.10. The number of hydrogen-bond acceptors (Lipinski definition) is 5. The number of carbonyl (C=O) groups is 2. The maximum atomic E-state index is 12.5. The highest BCUT2D eigenvalue weighted by Crippen LogP contribution is 2.31. The second kappa shape index (κ2) is 8.48. The molecule has 0 spiro atoms. The highest BCUT2D eigenvalue weighted by Gasteiger charge is 2.23. The smallest absolute Gasteiger partial charge is 0.339 e. The van der Waals surface area contributed by atoms with Gasteiger partial charge in [0, 0.05) is 23.5 Å². The fourth-order valence-corrected chi connectivity index (χ4v) is 2.30. The lowest BCUT2D eigenvalue weighted by Crippen LogP contribution is -2.32. The lowest BCUT2D eigenvalue weighted by Gasteiger charge is -2.18. The van der Waals surface area contributed by atoms with Gasteiger partial charge in [0.05, 0.1) is 18.4 Å². The zero-order valence-electron chi connectivity index (χ0n) is 14.2. The number of nitrogens with one attached hydrogen (secondary N) is 1. The Hall–Kier alpha value is -2.60. The molecule has 1 aromatic heterocycles. The van der Waals surface area contributed by atoms with Crippen LogP contribution in [-0.2, 0) is 9.53 Å². The number of benzene rings is 1. The molecule has 132 valence electrons. The van der Waals surface area contributed by atoms with Crippen molar-refractivity contribution < 1.29 is 19.1 Å². The number of anilines is 1. The number of amides is 1. The van der Waals surface area contributed by atoms with Crippen LogP contribution in [0.25, 0.3) is 0 Å². The molecule has 0 fully saturated rings. The summed E-state index contributed by atoms with van der Waals surface area (Å²) in [6.45, 7) is 3.58. The summed E-state index contributed by atoms with van der Waals surface area (Å²) in [6.07, 6.45) is 2.37. The van der Waals surface area contributed by atoms with Crippen LogP contribution < -0.4 is 10.1 Å². The van der Waals surface area contributed by atoms with E-state index in [2.05, 4.69) is 10.3 Å². The summed E-state index contributed by atoms with van der Waals surface area (Å²) < 4.78 is 10.5. The third-order valence-electron chi connectivity index (χ3n) is 3.57. The number of halogens is 1. The second-order valence-corrected chi connectivity index (χ2v) is 5.74. The molecule has 0 radical (unpaired) electrons. The molecule has 2 rings (SSSR count). The third-order valence-corrected chi connectivity index (χ3v) is 3.97. The van der Waals surface area contributed by atoms with Crippen LogP contribution in [0.15, 0.2) is 36.7 Å². The van der Waals surface area contributed by atoms with Crippen molar-refractivity contribution in [3.63, 3.8) is 0 Å². The van der Waals surface area contributed by atoms with E-state index in [1.807, 2.05) is 6.92 Å². The molecular weight excluding hydrogens is 344 g/mol. The van der Waals surface area contributed by atoms with Crippen molar-refractivity contribution in [2.24, 2.45) is 0 Å². The van der Waals surface area contributed by atoms with Gasteiger partial charge < -0.3 is 14.8 Å². The van der Waals surface area contributed by atoms with Gasteiger partial charge in [-0.15, -0.1) is 0 Å². The van der Waals surface area contributed by atoms with Crippen LogP contribution in [0.2, 0.25) is 5.02 Å². The summed E-state index contributed by atoms with van der Waals surface area (Å²) in [5, 5.41) is 3.26. The Kier molecular flexibility index (Phi) is 6.36. The standard InChI is InChI=1S/C18H19ClN2O4/c1-4-15(25-18(23)12-5-7-20-8-6-12)17(22)21-14-9-11(2)13(19)10-16(14)24-3/h5-10,15H,4H2,1-3H3,(H,21,22). The van der Waals surface area contributed by atoms with Gasteiger partial charge in [-0.2, -0.15) is 0 Å². The predicted molar refractivity (Wildman–Crippen MR) is 95.1 cm³/mol. The molecule has 0 saturated heterocycles. The minimum absolute atomic E-state index is 0.331. The zero-order valence-corrected chi connectivity index (χ0v) is 15.0. The number of carbonyl (C=O) groups excluding carboxylic acids is 2. The van der Waals surface area contributed by atoms with Crippen molar-refractivity contribution in [1.82, 2.24) is 4.98 Å². The summed E-state index contributed by atoms with van der Waals surface area (Å²) in [5.74, 6) is -0.590. The Morgan fingerprint density at radius 1 is 1.28 bits per heavy atom. The fourth-order valence-electron chi connectivity index (χ4n) is 2.15. The molecule has 1 amide bonds. The highest BCUT2D eigenvalue weighted by atomic mass is 35.5. The number of aromatic nitrogens is 1. The van der Waals surface area contributed by atoms with Crippen molar-refractivity contribution in [3.05, 3.63) is 52.8 Å². The number of rotatable bonds is 6. The Balaban J connectivity index is 2.13. The van der Waals surface area contributed by atoms with Gasteiger partial charge >= 0.3 is 5.97 Å². The van der Waals surface area contributed by atoms with E-state index in [0.29, 0.717) is 28.4 Å². The van der Waals surface area contributed by atoms with Gasteiger partial charge in [0.2, 0.25) is 0 Å². The average molecular weight is 363 g/mol. The van der Waals surface area contributed by atoms with E-state index in [0.717, 1.165) is 5.56 Å². The third kappa shape index (κ3) is 4.70. The molecule has 1 aromatic carbocycles. The summed E-state index contributed by atoms with van der Waals surface area (Å²) in [6, 6.07) is 6.38. The van der Waals surface area contributed by atoms with Gasteiger partial charge in [0.1, 0.15) is 5.75 Å². The molecule has 2 aromatic rings. The van der Waals surface area contributed by atoms with Crippen LogP contribution in [0.1, 0.15) is 29.3 Å². The summed E-state index contributed by atoms with van der Waals surface area (Å²) in [7, 11) is 1.48. The van der Waals surface area contributed by atoms with Crippen molar-refractivity contribution in [2.45, 2.75) is 26.4 Å². The number of esters is 1. The molecule has 1 atom stereocenters. The number of methoxy groups -OCH3 is 1. The zero-order chi connectivity index (χ0) is 18.4. The number of nitrogens with zero attached hydrogens (tertiary/aromatic N) is 1. The molecule has 0 bridgehead atoms. The molecule has 0 aliphatic heterocycles. The first-order chi connectivity index (χ1) is 12.0. The summed E-state index contributed by atoms with van der Waals surface area (Å²) in [5.41, 5.74) is 1.59. The minimum Gasteiger partial charge on any atom is -0.495 e. The summed E-state index contributed by atoms with van der Waals surface area (Å²) in [4.78, 5) is 28.4. The van der Waals surface area contributed by atoms with Crippen molar-refractivity contribution in [3.8, 4) is 5.75 Å². The van der Waals surface area contributed by atoms with Gasteiger partial charge in [-0.1, -0.05) is 18.5 Å². The topological polar surface area (TPSA) is 77.5 Å². The molecule has 7 heteroatoms. The average Bonchev–Trinajstić information content (AvgIpc) is 2.62. The second-order valence-electron chi connectivity index (χ2n) is 5.33. The van der Waals surface area contributed by atoms with Gasteiger partial charge in [0.15, 0.2) is 6.10 Å². The van der Waals surface area contributed by atoms with Crippen LogP contribution in [0.4, 0.5) is 5.69 Å². The number of ether oxygens (including phenoxy) is 2. The summed E-state index contributed by atoms with van der Waals surface area (Å²) >= 11 is 6.06. The molecular formula is C18H19ClN2O4. The predicted octanol–water partition coefficient (Wildman–Crippen LogP) is 3.63. The lowest BCUT2D eigenvalue weighted by molar-refractivity contribution is -0.124. The van der Waals surface area contributed by atoms with Crippen LogP contribution >= 0.6 is 11.6 Å². The quantitative estimate of drug-likeness (QED) is 0.794. The Morgan fingerprint density at radius 2 is 1.96 bits per heavy atom. The van der Waals surface area contributed by atoms with E-state index in [-0.39, 0.29) is 0 Å². The van der Waals surface area contributed by atoms with Gasteiger partial charge in [-0.05, 0) is 37.1 Å². The molecule has 6 nitrogen and oxygen atoms in total. The maximum Gasteiger partial charge on any atom is 0.339 e. The number of aryl methyl sites for hydroxylation is 1. The normalized spacial score (nSPS) is 11.5. The van der Waals surface area contributed by atoms with Gasteiger partial charge in [-0.3, -0.25) is 9.78 Å². The molecule has 0 aliphatic carbocycles. The van der Waals surface area contributed by atoms with Crippen LogP contribution in [0, 0.1) is 6.92 Å². The van der Waals surface area contributed by atoms with Gasteiger partial charge in [-0.25, -0.2) is 4.79 Å². The van der Waals surface area contributed by atoms with Crippen LogP contribution in [0.3, 0.4) is 0 Å². The van der Waals surface area contributed by atoms with Crippen molar-refractivity contribution >= 4 is 29.2 Å². The van der Waals surface area contributed by atoms with Crippen molar-refractivity contribution in [2.75, 3.05) is 12.4 Å². The Bertz CT molecular complexity index is 765. The van der Waals surface area contributed by atoms with E-state index in [4.69, 9.17) is 21.1 Å². The van der Waals surface area contributed by atoms with E-state index in [1.54, 1.807) is 19.1 Å². The number of hydrogen-bond donors (Lipinski definition) is 1. The Labute approximate surface area is 151 Å². The molecule has 1 unspecified atom stereocenters. The molecule has 0 aliphatic rings. The van der Waals surface area contributed by atoms with E-state index in [1.165, 1.54) is 31.6 Å². The number of pyridine rings is 1. The molecule has 25 heavy (non-hydrogen) atoms. The molecule has 1 N–H and O–H groups in total. The van der Waals surface area contributed by atoms with Gasteiger partial charge in [0.25, 0.3) is 5.91 Å². The van der Waals surface area contributed by atoms with Crippen LogP contribution in [-0.4, -0.2) is 30.1 Å². The SMILES string of the molecule is CCC(OC(=O)c1ccncc1)C(=O)Nc1cc(C)c(Cl)cc1OC. The van der Waals surface area contributed by atoms with E-state index in [9.17, 15) is 9.59 Å². The monoisotopic (exact) mass is 362 g/mol. The minimum atomic E-state index is -0.929. The molecule has 1 heterocycles. The fraction of sp³-hybridized carbons (Fsp3) is 0.278. The highest BCUT2D eigenvalue weighted by molar-refractivity contribution is 6.31. The first-order valence-electron chi connectivity index (χ1n) is 7.72.